The van der Waals surface area contributed by atoms with Gasteiger partial charge in [0, 0.05) is 0 Å². The van der Waals surface area contributed by atoms with Crippen LogP contribution in [0.1, 0.15) is 52.4 Å². The van der Waals surface area contributed by atoms with Gasteiger partial charge >= 0.3 is 0 Å². The maximum absolute atomic E-state index is 2.36. The van der Waals surface area contributed by atoms with Crippen molar-refractivity contribution in [2.75, 3.05) is 13.1 Å². The van der Waals surface area contributed by atoms with Crippen molar-refractivity contribution in [3.63, 3.8) is 0 Å². The summed E-state index contributed by atoms with van der Waals surface area (Å²) in [7, 11) is 0. The molecule has 0 spiro atoms. The molecule has 1 nitrogen and oxygen atoms in total. The van der Waals surface area contributed by atoms with Crippen molar-refractivity contribution in [3.8, 4) is 0 Å². The van der Waals surface area contributed by atoms with Crippen LogP contribution in [0, 0.1) is 0 Å². The SMILES string of the molecule is CCCCCC[N+]1(CCCC)C=CC=C1. The van der Waals surface area contributed by atoms with Gasteiger partial charge in [0.25, 0.3) is 0 Å². The molecule has 0 fully saturated rings. The van der Waals surface area contributed by atoms with Gasteiger partial charge in [0.1, 0.15) is 12.4 Å². The van der Waals surface area contributed by atoms with Crippen molar-refractivity contribution in [2.24, 2.45) is 0 Å². The van der Waals surface area contributed by atoms with Crippen molar-refractivity contribution >= 4 is 0 Å². The lowest BCUT2D eigenvalue weighted by molar-refractivity contribution is -0.826. The van der Waals surface area contributed by atoms with Crippen LogP contribution in [0.15, 0.2) is 24.6 Å². The Balaban J connectivity index is 2.30. The van der Waals surface area contributed by atoms with E-state index in [4.69, 9.17) is 0 Å². The molecule has 0 aromatic rings. The Labute approximate surface area is 95.1 Å². The van der Waals surface area contributed by atoms with Crippen LogP contribution in [-0.2, 0) is 0 Å². The van der Waals surface area contributed by atoms with E-state index in [-0.39, 0.29) is 0 Å². The molecular weight excluding hydrogens is 182 g/mol. The van der Waals surface area contributed by atoms with Crippen LogP contribution in [0.25, 0.3) is 0 Å². The first-order valence-corrected chi connectivity index (χ1v) is 6.56. The Morgan fingerprint density at radius 3 is 1.93 bits per heavy atom. The summed E-state index contributed by atoms with van der Waals surface area (Å²) in [6.45, 7) is 7.14. The van der Waals surface area contributed by atoms with Gasteiger partial charge in [0.05, 0.1) is 13.1 Å². The van der Waals surface area contributed by atoms with Crippen molar-refractivity contribution in [1.29, 1.82) is 0 Å². The number of quaternary nitrogens is 1. The first kappa shape index (κ1) is 12.5. The summed E-state index contributed by atoms with van der Waals surface area (Å²) in [5.41, 5.74) is 0. The fourth-order valence-corrected chi connectivity index (χ4v) is 2.19. The molecule has 1 heterocycles. The Morgan fingerprint density at radius 2 is 1.33 bits per heavy atom. The van der Waals surface area contributed by atoms with Gasteiger partial charge in [-0.15, -0.1) is 0 Å². The topological polar surface area (TPSA) is 0 Å². The predicted molar refractivity (Wildman–Crippen MR) is 67.3 cm³/mol. The Morgan fingerprint density at radius 1 is 0.733 bits per heavy atom. The van der Waals surface area contributed by atoms with E-state index >= 15 is 0 Å². The highest BCUT2D eigenvalue weighted by Gasteiger charge is 2.22. The van der Waals surface area contributed by atoms with E-state index in [2.05, 4.69) is 38.4 Å². The average molecular weight is 208 g/mol. The van der Waals surface area contributed by atoms with Crippen LogP contribution < -0.4 is 0 Å². The van der Waals surface area contributed by atoms with Crippen LogP contribution in [0.4, 0.5) is 0 Å². The second-order valence-electron chi connectivity index (χ2n) is 4.65. The monoisotopic (exact) mass is 208 g/mol. The van der Waals surface area contributed by atoms with Crippen LogP contribution in [-0.4, -0.2) is 17.6 Å². The molecule has 0 radical (unpaired) electrons. The lowest BCUT2D eigenvalue weighted by Crippen LogP contribution is -2.37. The van der Waals surface area contributed by atoms with E-state index < -0.39 is 0 Å². The van der Waals surface area contributed by atoms with E-state index in [9.17, 15) is 0 Å². The van der Waals surface area contributed by atoms with Crippen LogP contribution in [0.5, 0.6) is 0 Å². The number of rotatable bonds is 8. The molecule has 15 heavy (non-hydrogen) atoms. The third kappa shape index (κ3) is 4.21. The van der Waals surface area contributed by atoms with Crippen LogP contribution in [0.2, 0.25) is 0 Å². The van der Waals surface area contributed by atoms with E-state index in [1.807, 2.05) is 0 Å². The molecular formula is C14H26N+. The zero-order valence-electron chi connectivity index (χ0n) is 10.4. The highest BCUT2D eigenvalue weighted by Crippen LogP contribution is 2.19. The minimum absolute atomic E-state index is 1.11. The summed E-state index contributed by atoms with van der Waals surface area (Å²) in [4.78, 5) is 0. The highest BCUT2D eigenvalue weighted by molar-refractivity contribution is 5.03. The lowest BCUT2D eigenvalue weighted by atomic mass is 10.2. The number of nitrogens with zero attached hydrogens (tertiary/aromatic N) is 1. The summed E-state index contributed by atoms with van der Waals surface area (Å²) >= 11 is 0. The van der Waals surface area contributed by atoms with Crippen molar-refractivity contribution in [1.82, 2.24) is 0 Å². The summed E-state index contributed by atoms with van der Waals surface area (Å²) in [6.07, 6.45) is 17.3. The number of allylic oxidation sites excluding steroid dienone is 2. The van der Waals surface area contributed by atoms with Crippen LogP contribution >= 0.6 is 0 Å². The molecule has 0 atom stereocenters. The first-order chi connectivity index (χ1) is 7.33. The summed E-state index contributed by atoms with van der Waals surface area (Å²) in [5.74, 6) is 0. The Kier molecular flexibility index (Phi) is 5.70. The van der Waals surface area contributed by atoms with Gasteiger partial charge in [-0.05, 0) is 31.4 Å². The van der Waals surface area contributed by atoms with Crippen molar-refractivity contribution in [2.45, 2.75) is 52.4 Å². The quantitative estimate of drug-likeness (QED) is 0.414. The fraction of sp³-hybridized carbons (Fsp3) is 0.714. The van der Waals surface area contributed by atoms with Gasteiger partial charge in [-0.1, -0.05) is 33.1 Å². The van der Waals surface area contributed by atoms with Crippen molar-refractivity contribution < 1.29 is 4.48 Å². The standard InChI is InChI=1S/C14H26N/c1-3-5-7-8-12-15(11-6-4-2)13-9-10-14-15/h9-10,13-14H,3-8,11-12H2,1-2H3/q+1. The van der Waals surface area contributed by atoms with Gasteiger partial charge in [-0.3, -0.25) is 4.48 Å². The third-order valence-electron chi connectivity index (χ3n) is 3.23. The molecule has 0 saturated heterocycles. The second-order valence-corrected chi connectivity index (χ2v) is 4.65. The normalized spacial score (nSPS) is 17.5. The highest BCUT2D eigenvalue weighted by atomic mass is 15.3. The largest absolute Gasteiger partial charge is 0.271 e. The summed E-state index contributed by atoms with van der Waals surface area (Å²) in [6, 6.07) is 0. The summed E-state index contributed by atoms with van der Waals surface area (Å²) in [5, 5.41) is 0. The molecule has 1 aliphatic rings. The van der Waals surface area contributed by atoms with Crippen LogP contribution in [0.3, 0.4) is 0 Å². The fourth-order valence-electron chi connectivity index (χ4n) is 2.19. The molecule has 0 aromatic carbocycles. The Bertz CT molecular complexity index is 203. The van der Waals surface area contributed by atoms with Crippen molar-refractivity contribution in [3.05, 3.63) is 24.6 Å². The molecule has 1 heteroatoms. The van der Waals surface area contributed by atoms with Gasteiger partial charge in [0.2, 0.25) is 0 Å². The minimum Gasteiger partial charge on any atom is -0.271 e. The average Bonchev–Trinajstić information content (AvgIpc) is 2.71. The molecule has 0 bridgehead atoms. The summed E-state index contributed by atoms with van der Waals surface area (Å²) < 4.78 is 1.11. The molecule has 86 valence electrons. The molecule has 0 N–H and O–H groups in total. The smallest absolute Gasteiger partial charge is 0.101 e. The van der Waals surface area contributed by atoms with Gasteiger partial charge in [-0.2, -0.15) is 0 Å². The molecule has 0 amide bonds. The van der Waals surface area contributed by atoms with Gasteiger partial charge < -0.3 is 0 Å². The third-order valence-corrected chi connectivity index (χ3v) is 3.23. The van der Waals surface area contributed by atoms with Gasteiger partial charge in [-0.25, -0.2) is 0 Å². The Hall–Kier alpha value is -0.560. The number of unbranched alkanes of at least 4 members (excludes halogenated alkanes) is 4. The zero-order valence-corrected chi connectivity index (χ0v) is 10.4. The molecule has 1 aliphatic heterocycles. The predicted octanol–water partition coefficient (Wildman–Crippen LogP) is 4.22. The maximum atomic E-state index is 2.36. The number of hydrogen-bond acceptors (Lipinski definition) is 0. The lowest BCUT2D eigenvalue weighted by Gasteiger charge is -2.29. The molecule has 0 aromatic heterocycles. The maximum Gasteiger partial charge on any atom is 0.101 e. The second kappa shape index (κ2) is 6.84. The van der Waals surface area contributed by atoms with E-state index in [1.54, 1.807) is 0 Å². The molecule has 0 saturated carbocycles. The molecule has 0 aliphatic carbocycles. The minimum atomic E-state index is 1.11. The zero-order chi connectivity index (χ0) is 11.0. The number of hydrogen-bond donors (Lipinski definition) is 0. The first-order valence-electron chi connectivity index (χ1n) is 6.56. The molecule has 1 rings (SSSR count). The molecule has 0 unspecified atom stereocenters. The van der Waals surface area contributed by atoms with E-state index in [0.717, 1.165) is 4.48 Å². The van der Waals surface area contributed by atoms with E-state index in [0.29, 0.717) is 0 Å². The van der Waals surface area contributed by atoms with E-state index in [1.165, 1.54) is 51.6 Å². The van der Waals surface area contributed by atoms with Gasteiger partial charge in [0.15, 0.2) is 0 Å².